The van der Waals surface area contributed by atoms with Crippen molar-refractivity contribution in [1.82, 2.24) is 15.0 Å². The molecule has 1 aromatic heterocycles. The van der Waals surface area contributed by atoms with Crippen LogP contribution in [0.15, 0.2) is 4.52 Å². The highest BCUT2D eigenvalue weighted by atomic mass is 19.3. The third-order valence-electron chi connectivity index (χ3n) is 4.92. The van der Waals surface area contributed by atoms with E-state index >= 15 is 0 Å². The summed E-state index contributed by atoms with van der Waals surface area (Å²) in [4.78, 5) is 18.0. The number of aryl methyl sites for hydroxylation is 1. The lowest BCUT2D eigenvalue weighted by Crippen LogP contribution is -2.47. The molecule has 5 nitrogen and oxygen atoms in total. The molecule has 2 fully saturated rings. The zero-order chi connectivity index (χ0) is 16.2. The molecular formula is C16H23F2N3O2. The summed E-state index contributed by atoms with van der Waals surface area (Å²) >= 11 is 0. The number of halogens is 2. The zero-order valence-electron chi connectivity index (χ0n) is 13.2. The lowest BCUT2D eigenvalue weighted by Gasteiger charge is -2.35. The molecule has 0 spiro atoms. The average molecular weight is 327 g/mol. The Hall–Kier alpha value is -1.53. The number of hydrogen-bond acceptors (Lipinski definition) is 4. The van der Waals surface area contributed by atoms with E-state index in [4.69, 9.17) is 4.52 Å². The van der Waals surface area contributed by atoms with Crippen molar-refractivity contribution in [3.8, 4) is 0 Å². The molecule has 1 saturated heterocycles. The summed E-state index contributed by atoms with van der Waals surface area (Å²) < 4.78 is 31.3. The van der Waals surface area contributed by atoms with Crippen LogP contribution in [0.2, 0.25) is 0 Å². The highest BCUT2D eigenvalue weighted by molar-refractivity contribution is 5.76. The minimum atomic E-state index is -2.48. The summed E-state index contributed by atoms with van der Waals surface area (Å²) in [7, 11) is 0. The Balaban J connectivity index is 1.53. The Kier molecular flexibility index (Phi) is 5.23. The molecule has 7 heteroatoms. The number of aromatic nitrogens is 2. The number of rotatable bonds is 5. The minimum absolute atomic E-state index is 0.148. The zero-order valence-corrected chi connectivity index (χ0v) is 13.2. The quantitative estimate of drug-likeness (QED) is 0.832. The van der Waals surface area contributed by atoms with Crippen LogP contribution in [0, 0.1) is 0 Å². The summed E-state index contributed by atoms with van der Waals surface area (Å²) in [5, 5.41) is 4.00. The predicted octanol–water partition coefficient (Wildman–Crippen LogP) is 3.31. The molecule has 128 valence electrons. The van der Waals surface area contributed by atoms with Crippen molar-refractivity contribution in [2.24, 2.45) is 0 Å². The molecule has 1 saturated carbocycles. The van der Waals surface area contributed by atoms with Crippen molar-refractivity contribution in [2.45, 2.75) is 76.2 Å². The van der Waals surface area contributed by atoms with Crippen molar-refractivity contribution in [1.29, 1.82) is 0 Å². The highest BCUT2D eigenvalue weighted by Gasteiger charge is 2.33. The SMILES string of the molecule is O=C(CCc1nc(C2CCCC2)no1)N1CCCCC1C(F)F. The molecule has 0 bridgehead atoms. The first kappa shape index (κ1) is 16.3. The van der Waals surface area contributed by atoms with E-state index in [-0.39, 0.29) is 12.3 Å². The second kappa shape index (κ2) is 7.36. The van der Waals surface area contributed by atoms with Crippen LogP contribution in [0.4, 0.5) is 8.78 Å². The van der Waals surface area contributed by atoms with Crippen molar-refractivity contribution in [3.63, 3.8) is 0 Å². The van der Waals surface area contributed by atoms with Gasteiger partial charge in [0.1, 0.15) is 0 Å². The van der Waals surface area contributed by atoms with Gasteiger partial charge in [-0.2, -0.15) is 4.98 Å². The first-order valence-electron chi connectivity index (χ1n) is 8.55. The Bertz CT molecular complexity index is 529. The summed E-state index contributed by atoms with van der Waals surface area (Å²) in [6.45, 7) is 0.422. The molecule has 1 unspecified atom stereocenters. The maximum Gasteiger partial charge on any atom is 0.258 e. The minimum Gasteiger partial charge on any atom is -0.339 e. The maximum absolute atomic E-state index is 13.0. The number of amides is 1. The van der Waals surface area contributed by atoms with Crippen LogP contribution in [0.25, 0.3) is 0 Å². The van der Waals surface area contributed by atoms with Crippen molar-refractivity contribution >= 4 is 5.91 Å². The van der Waals surface area contributed by atoms with Gasteiger partial charge >= 0.3 is 0 Å². The van der Waals surface area contributed by atoms with Gasteiger partial charge in [-0.25, -0.2) is 8.78 Å². The largest absolute Gasteiger partial charge is 0.339 e. The molecule has 0 N–H and O–H groups in total. The lowest BCUT2D eigenvalue weighted by atomic mass is 10.0. The summed E-state index contributed by atoms with van der Waals surface area (Å²) in [5.41, 5.74) is 0. The van der Waals surface area contributed by atoms with E-state index in [1.165, 1.54) is 17.7 Å². The highest BCUT2D eigenvalue weighted by Crippen LogP contribution is 2.32. The third-order valence-corrected chi connectivity index (χ3v) is 4.92. The third kappa shape index (κ3) is 3.87. The van der Waals surface area contributed by atoms with Gasteiger partial charge in [0.15, 0.2) is 5.82 Å². The summed E-state index contributed by atoms with van der Waals surface area (Å²) in [6.07, 6.45) is 4.49. The van der Waals surface area contributed by atoms with Gasteiger partial charge in [0.2, 0.25) is 11.8 Å². The van der Waals surface area contributed by atoms with Crippen LogP contribution in [-0.4, -0.2) is 40.0 Å². The first-order valence-corrected chi connectivity index (χ1v) is 8.55. The van der Waals surface area contributed by atoms with Crippen LogP contribution in [0.5, 0.6) is 0 Å². The van der Waals surface area contributed by atoms with Gasteiger partial charge in [-0.05, 0) is 32.1 Å². The Morgan fingerprint density at radius 3 is 2.70 bits per heavy atom. The van der Waals surface area contributed by atoms with Gasteiger partial charge in [0.05, 0.1) is 6.04 Å². The number of likely N-dealkylation sites (tertiary alicyclic amines) is 1. The molecule has 3 rings (SSSR count). The Morgan fingerprint density at radius 1 is 1.22 bits per heavy atom. The van der Waals surface area contributed by atoms with Crippen LogP contribution >= 0.6 is 0 Å². The second-order valence-electron chi connectivity index (χ2n) is 6.51. The molecule has 1 aromatic rings. The summed E-state index contributed by atoms with van der Waals surface area (Å²) in [5.74, 6) is 1.29. The van der Waals surface area contributed by atoms with Crippen LogP contribution in [0.3, 0.4) is 0 Å². The van der Waals surface area contributed by atoms with E-state index in [9.17, 15) is 13.6 Å². The fourth-order valence-electron chi connectivity index (χ4n) is 3.61. The molecule has 23 heavy (non-hydrogen) atoms. The van der Waals surface area contributed by atoms with E-state index in [1.54, 1.807) is 0 Å². The lowest BCUT2D eigenvalue weighted by molar-refractivity contribution is -0.139. The Morgan fingerprint density at radius 2 is 1.96 bits per heavy atom. The molecule has 2 aliphatic rings. The van der Waals surface area contributed by atoms with Crippen LogP contribution < -0.4 is 0 Å². The van der Waals surface area contributed by atoms with Crippen LogP contribution in [0.1, 0.15) is 69.0 Å². The number of hydrogen-bond donors (Lipinski definition) is 0. The topological polar surface area (TPSA) is 59.2 Å². The van der Waals surface area contributed by atoms with Crippen molar-refractivity contribution in [3.05, 3.63) is 11.7 Å². The normalized spacial score (nSPS) is 22.9. The number of carbonyl (C=O) groups is 1. The van der Waals surface area contributed by atoms with Gasteiger partial charge in [-0.15, -0.1) is 0 Å². The number of alkyl halides is 2. The van der Waals surface area contributed by atoms with Crippen LogP contribution in [-0.2, 0) is 11.2 Å². The number of piperidine rings is 1. The Labute approximate surface area is 134 Å². The number of carbonyl (C=O) groups excluding carboxylic acids is 1. The first-order chi connectivity index (χ1) is 11.1. The summed E-state index contributed by atoms with van der Waals surface area (Å²) in [6, 6.07) is -0.937. The average Bonchev–Trinajstić information content (AvgIpc) is 3.23. The maximum atomic E-state index is 13.0. The standard InChI is InChI=1S/C16H23F2N3O2/c17-15(18)12-7-3-4-10-21(12)14(22)9-8-13-19-16(20-23-13)11-5-1-2-6-11/h11-12,15H,1-10H2. The van der Waals surface area contributed by atoms with E-state index in [0.29, 0.717) is 31.2 Å². The molecule has 2 heterocycles. The fraction of sp³-hybridized carbons (Fsp3) is 0.812. The van der Waals surface area contributed by atoms with Crippen molar-refractivity contribution in [2.75, 3.05) is 6.54 Å². The predicted molar refractivity (Wildman–Crippen MR) is 79.2 cm³/mol. The molecule has 1 aliphatic carbocycles. The van der Waals surface area contributed by atoms with Gasteiger partial charge in [-0.3, -0.25) is 4.79 Å². The smallest absolute Gasteiger partial charge is 0.258 e. The van der Waals surface area contributed by atoms with E-state index in [0.717, 1.165) is 31.5 Å². The van der Waals surface area contributed by atoms with E-state index in [1.807, 2.05) is 0 Å². The van der Waals surface area contributed by atoms with Gasteiger partial charge in [0.25, 0.3) is 6.43 Å². The molecule has 0 radical (unpaired) electrons. The van der Waals surface area contributed by atoms with E-state index < -0.39 is 12.5 Å². The number of nitrogens with zero attached hydrogens (tertiary/aromatic N) is 3. The molecule has 1 atom stereocenters. The van der Waals surface area contributed by atoms with Crippen molar-refractivity contribution < 1.29 is 18.1 Å². The van der Waals surface area contributed by atoms with Gasteiger partial charge in [-0.1, -0.05) is 18.0 Å². The molecule has 1 amide bonds. The molecule has 0 aromatic carbocycles. The second-order valence-corrected chi connectivity index (χ2v) is 6.51. The fourth-order valence-corrected chi connectivity index (χ4v) is 3.61. The monoisotopic (exact) mass is 327 g/mol. The van der Waals surface area contributed by atoms with Gasteiger partial charge in [0, 0.05) is 25.3 Å². The van der Waals surface area contributed by atoms with Gasteiger partial charge < -0.3 is 9.42 Å². The molecular weight excluding hydrogens is 304 g/mol. The van der Waals surface area contributed by atoms with E-state index in [2.05, 4.69) is 10.1 Å². The molecule has 1 aliphatic heterocycles.